The van der Waals surface area contributed by atoms with Gasteiger partial charge in [-0.2, -0.15) is 0 Å². The highest BCUT2D eigenvalue weighted by Gasteiger charge is 2.24. The van der Waals surface area contributed by atoms with Crippen LogP contribution in [0.1, 0.15) is 40.5 Å². The van der Waals surface area contributed by atoms with Gasteiger partial charge in [0.2, 0.25) is 0 Å². The van der Waals surface area contributed by atoms with Crippen molar-refractivity contribution in [3.05, 3.63) is 77.5 Å². The minimum atomic E-state index is -0.206. The minimum Gasteiger partial charge on any atom is -0.355 e. The average molecular weight is 412 g/mol. The van der Waals surface area contributed by atoms with Crippen molar-refractivity contribution in [2.75, 3.05) is 19.6 Å². The number of amides is 1. The molecule has 1 amide bonds. The number of carbonyl (C=O) groups excluding carboxylic acids is 1. The van der Waals surface area contributed by atoms with Crippen molar-refractivity contribution in [1.29, 1.82) is 0 Å². The Morgan fingerprint density at radius 1 is 1.10 bits per heavy atom. The Morgan fingerprint density at radius 3 is 2.48 bits per heavy atom. The van der Waals surface area contributed by atoms with E-state index in [-0.39, 0.29) is 24.4 Å². The topological polar surface area (TPSA) is 58.4 Å². The highest BCUT2D eigenvalue weighted by atomic mass is 35.5. The molecule has 0 aliphatic carbocycles. The van der Waals surface area contributed by atoms with Crippen LogP contribution in [0, 0.1) is 6.92 Å². The van der Waals surface area contributed by atoms with Gasteiger partial charge in [0.05, 0.1) is 6.04 Å². The number of hydrogen-bond acceptors (Lipinski definition) is 4. The summed E-state index contributed by atoms with van der Waals surface area (Å²) in [5.74, 6) is 0.391. The van der Waals surface area contributed by atoms with Crippen molar-refractivity contribution < 1.29 is 9.32 Å². The first-order valence-electron chi connectivity index (χ1n) is 9.81. The number of aromatic nitrogens is 1. The van der Waals surface area contributed by atoms with Crippen molar-refractivity contribution in [2.24, 2.45) is 0 Å². The Morgan fingerprint density at radius 2 is 1.79 bits per heavy atom. The van der Waals surface area contributed by atoms with Crippen molar-refractivity contribution in [1.82, 2.24) is 15.4 Å². The Balaban J connectivity index is 0.00000240. The number of likely N-dealkylation sites (tertiary alicyclic amines) is 1. The summed E-state index contributed by atoms with van der Waals surface area (Å²) in [6.07, 6.45) is 2.42. The van der Waals surface area contributed by atoms with E-state index in [1.54, 1.807) is 6.07 Å². The van der Waals surface area contributed by atoms with E-state index in [0.717, 1.165) is 18.7 Å². The van der Waals surface area contributed by atoms with Gasteiger partial charge in [-0.3, -0.25) is 9.69 Å². The summed E-state index contributed by atoms with van der Waals surface area (Å²) < 4.78 is 5.36. The third-order valence-corrected chi connectivity index (χ3v) is 5.30. The summed E-state index contributed by atoms with van der Waals surface area (Å²) in [6, 6.07) is 20.1. The quantitative estimate of drug-likeness (QED) is 0.642. The van der Waals surface area contributed by atoms with E-state index >= 15 is 0 Å². The molecule has 1 aromatic heterocycles. The second-order valence-electron chi connectivity index (χ2n) is 7.32. The molecule has 5 nitrogen and oxygen atoms in total. The van der Waals surface area contributed by atoms with Crippen molar-refractivity contribution in [3.8, 4) is 11.3 Å². The lowest BCUT2D eigenvalue weighted by molar-refractivity contribution is 0.0929. The van der Waals surface area contributed by atoms with E-state index in [0.29, 0.717) is 18.0 Å². The molecular formula is C23H26ClN3O2. The standard InChI is InChI=1S/C23H25N3O2.ClH/c1-17-9-11-18(12-10-17)21(26-13-5-6-14-26)16-24-23(27)20-15-22(28-25-20)19-7-3-2-4-8-19;/h2-4,7-12,15,21H,5-6,13-14,16H2,1H3,(H,24,27);1H. The minimum absolute atomic E-state index is 0. The van der Waals surface area contributed by atoms with Crippen LogP contribution in [0.4, 0.5) is 0 Å². The maximum absolute atomic E-state index is 12.6. The van der Waals surface area contributed by atoms with Crippen molar-refractivity contribution >= 4 is 18.3 Å². The van der Waals surface area contributed by atoms with Crippen molar-refractivity contribution in [3.63, 3.8) is 0 Å². The smallest absolute Gasteiger partial charge is 0.273 e. The number of benzene rings is 2. The molecule has 152 valence electrons. The van der Waals surface area contributed by atoms with Gasteiger partial charge in [-0.1, -0.05) is 65.3 Å². The van der Waals surface area contributed by atoms with E-state index in [1.807, 2.05) is 30.3 Å². The van der Waals surface area contributed by atoms with E-state index in [4.69, 9.17) is 4.52 Å². The second-order valence-corrected chi connectivity index (χ2v) is 7.32. The van der Waals surface area contributed by atoms with Crippen molar-refractivity contribution in [2.45, 2.75) is 25.8 Å². The van der Waals surface area contributed by atoms with Gasteiger partial charge in [-0.25, -0.2) is 0 Å². The fourth-order valence-electron chi connectivity index (χ4n) is 3.70. The van der Waals surface area contributed by atoms with Gasteiger partial charge in [0.1, 0.15) is 0 Å². The van der Waals surface area contributed by atoms with Gasteiger partial charge in [-0.05, 0) is 38.4 Å². The summed E-state index contributed by atoms with van der Waals surface area (Å²) in [5.41, 5.74) is 3.69. The zero-order chi connectivity index (χ0) is 19.3. The molecule has 1 saturated heterocycles. The Kier molecular flexibility index (Phi) is 7.07. The molecule has 1 aliphatic rings. The first-order valence-corrected chi connectivity index (χ1v) is 9.81. The molecule has 0 radical (unpaired) electrons. The molecule has 1 unspecified atom stereocenters. The molecule has 1 atom stereocenters. The van der Waals surface area contributed by atoms with Crippen LogP contribution < -0.4 is 5.32 Å². The Labute approximate surface area is 177 Å². The van der Waals surface area contributed by atoms with E-state index in [2.05, 4.69) is 46.6 Å². The number of aryl methyl sites for hydroxylation is 1. The molecule has 0 saturated carbocycles. The first-order chi connectivity index (χ1) is 13.7. The Hall–Kier alpha value is -2.63. The molecule has 2 aromatic carbocycles. The molecule has 1 aliphatic heterocycles. The monoisotopic (exact) mass is 411 g/mol. The highest BCUT2D eigenvalue weighted by molar-refractivity contribution is 5.93. The van der Waals surface area contributed by atoms with Crippen LogP contribution >= 0.6 is 12.4 Å². The molecule has 1 fully saturated rings. The lowest BCUT2D eigenvalue weighted by Gasteiger charge is -2.28. The van der Waals surface area contributed by atoms with Crippen LogP contribution in [0.25, 0.3) is 11.3 Å². The van der Waals surface area contributed by atoms with E-state index in [9.17, 15) is 4.79 Å². The number of halogens is 1. The van der Waals surface area contributed by atoms with Crippen LogP contribution in [0.3, 0.4) is 0 Å². The maximum Gasteiger partial charge on any atom is 0.273 e. The third-order valence-electron chi connectivity index (χ3n) is 5.30. The summed E-state index contributed by atoms with van der Waals surface area (Å²) in [6.45, 7) is 4.77. The molecule has 3 aromatic rings. The lowest BCUT2D eigenvalue weighted by Crippen LogP contribution is -2.36. The van der Waals surface area contributed by atoms with Gasteiger partial charge in [0.15, 0.2) is 11.5 Å². The summed E-state index contributed by atoms with van der Waals surface area (Å²) in [7, 11) is 0. The number of nitrogens with one attached hydrogen (secondary N) is 1. The molecule has 0 spiro atoms. The zero-order valence-corrected chi connectivity index (χ0v) is 17.3. The molecule has 1 N–H and O–H groups in total. The predicted molar refractivity (Wildman–Crippen MR) is 116 cm³/mol. The molecule has 4 rings (SSSR count). The largest absolute Gasteiger partial charge is 0.355 e. The second kappa shape index (κ2) is 9.72. The molecule has 6 heteroatoms. The van der Waals surface area contributed by atoms with E-state index in [1.165, 1.54) is 24.0 Å². The van der Waals surface area contributed by atoms with Gasteiger partial charge in [0, 0.05) is 18.2 Å². The molecule has 0 bridgehead atoms. The average Bonchev–Trinajstić information content (AvgIpc) is 3.42. The van der Waals surface area contributed by atoms with Crippen LogP contribution in [-0.4, -0.2) is 35.6 Å². The predicted octanol–water partition coefficient (Wildman–Crippen LogP) is 4.64. The van der Waals surface area contributed by atoms with Gasteiger partial charge in [-0.15, -0.1) is 12.4 Å². The number of rotatable bonds is 6. The SMILES string of the molecule is Cc1ccc(C(CNC(=O)c2cc(-c3ccccc3)on2)N2CCCC2)cc1.Cl. The van der Waals surface area contributed by atoms with Crippen LogP contribution in [0.2, 0.25) is 0 Å². The third kappa shape index (κ3) is 5.05. The van der Waals surface area contributed by atoms with Gasteiger partial charge >= 0.3 is 0 Å². The Bertz CT molecular complexity index is 919. The number of nitrogens with zero attached hydrogens (tertiary/aromatic N) is 2. The summed E-state index contributed by atoms with van der Waals surface area (Å²) in [4.78, 5) is 15.1. The normalized spacial score (nSPS) is 14.9. The fourth-order valence-corrected chi connectivity index (χ4v) is 3.70. The molecular weight excluding hydrogens is 386 g/mol. The van der Waals surface area contributed by atoms with Crippen LogP contribution in [0.15, 0.2) is 65.2 Å². The maximum atomic E-state index is 12.6. The highest BCUT2D eigenvalue weighted by Crippen LogP contribution is 2.25. The molecule has 2 heterocycles. The molecule has 29 heavy (non-hydrogen) atoms. The zero-order valence-electron chi connectivity index (χ0n) is 16.5. The lowest BCUT2D eigenvalue weighted by atomic mass is 10.0. The van der Waals surface area contributed by atoms with Gasteiger partial charge < -0.3 is 9.84 Å². The number of carbonyl (C=O) groups is 1. The van der Waals surface area contributed by atoms with Crippen LogP contribution in [0.5, 0.6) is 0 Å². The first kappa shape index (κ1) is 21.1. The summed E-state index contributed by atoms with van der Waals surface area (Å²) in [5, 5.41) is 7.00. The van der Waals surface area contributed by atoms with E-state index < -0.39 is 0 Å². The summed E-state index contributed by atoms with van der Waals surface area (Å²) >= 11 is 0. The number of hydrogen-bond donors (Lipinski definition) is 1. The van der Waals surface area contributed by atoms with Gasteiger partial charge in [0.25, 0.3) is 5.91 Å². The van der Waals surface area contributed by atoms with Crippen LogP contribution in [-0.2, 0) is 0 Å². The fraction of sp³-hybridized carbons (Fsp3) is 0.304.